The zero-order valence-corrected chi connectivity index (χ0v) is 19.0. The fraction of sp³-hybridized carbons (Fsp3) is 0.250. The molecule has 0 saturated heterocycles. The van der Waals surface area contributed by atoms with Gasteiger partial charge in [0.2, 0.25) is 0 Å². The Labute approximate surface area is 204 Å². The number of halogens is 3. The Morgan fingerprint density at radius 1 is 1.06 bits per heavy atom. The van der Waals surface area contributed by atoms with E-state index in [-0.39, 0.29) is 40.0 Å². The van der Waals surface area contributed by atoms with Gasteiger partial charge in [0.25, 0.3) is 5.91 Å². The molecular formula is C24H20ClF2N5O3. The molecule has 1 aliphatic rings. The molecule has 8 nitrogen and oxygen atoms in total. The molecule has 4 rings (SSSR count). The van der Waals surface area contributed by atoms with E-state index >= 15 is 0 Å². The van der Waals surface area contributed by atoms with Crippen molar-refractivity contribution >= 4 is 29.4 Å². The van der Waals surface area contributed by atoms with Crippen LogP contribution in [-0.4, -0.2) is 37.9 Å². The highest BCUT2D eigenvalue weighted by Crippen LogP contribution is 2.31. The van der Waals surface area contributed by atoms with E-state index in [1.54, 1.807) is 0 Å². The Balaban J connectivity index is 1.45. The van der Waals surface area contributed by atoms with Gasteiger partial charge in [0.05, 0.1) is 17.3 Å². The van der Waals surface area contributed by atoms with Crippen molar-refractivity contribution in [3.8, 4) is 11.8 Å². The number of carbonyl (C=O) groups is 2. The average Bonchev–Trinajstić information content (AvgIpc) is 3.22. The van der Waals surface area contributed by atoms with Crippen LogP contribution < -0.4 is 10.6 Å². The summed E-state index contributed by atoms with van der Waals surface area (Å²) < 4.78 is 29.1. The number of carboxylic acid groups (broad SMARTS) is 1. The lowest BCUT2D eigenvalue weighted by atomic mass is 9.91. The molecule has 180 valence electrons. The molecule has 1 aromatic carbocycles. The molecular weight excluding hydrogens is 480 g/mol. The van der Waals surface area contributed by atoms with Crippen LogP contribution in [0.2, 0.25) is 5.02 Å². The second kappa shape index (κ2) is 10.5. The minimum Gasteiger partial charge on any atom is -0.465 e. The third-order valence-electron chi connectivity index (χ3n) is 5.60. The summed E-state index contributed by atoms with van der Waals surface area (Å²) in [5, 5.41) is 18.1. The van der Waals surface area contributed by atoms with Crippen LogP contribution in [-0.2, 0) is 0 Å². The van der Waals surface area contributed by atoms with E-state index in [0.29, 0.717) is 31.2 Å². The van der Waals surface area contributed by atoms with Crippen LogP contribution in [0, 0.1) is 23.5 Å². The Kier molecular flexibility index (Phi) is 7.27. The third kappa shape index (κ3) is 5.94. The average molecular weight is 500 g/mol. The molecule has 3 N–H and O–H groups in total. The maximum atomic E-state index is 14.6. The fourth-order valence-corrected chi connectivity index (χ4v) is 4.13. The standard InChI is InChI=1S/C24H20ClF2N5O3/c25-19-13-29-32(18-9-7-17(8-10-18)30-24(34)35)21(19)23(33)31-22-20(27)11-15(12-28-22)2-1-14-3-5-16(26)6-4-14/h3-6,11-13,17-18,30H,7-10H2,(H,34,35)(H,28,31,33)/t17-,18-. The van der Waals surface area contributed by atoms with Crippen molar-refractivity contribution in [1.82, 2.24) is 20.1 Å². The molecule has 0 radical (unpaired) electrons. The second-order valence-electron chi connectivity index (χ2n) is 8.01. The van der Waals surface area contributed by atoms with Crippen LogP contribution in [0.4, 0.5) is 19.4 Å². The maximum Gasteiger partial charge on any atom is 0.404 e. The minimum atomic E-state index is -1.07. The molecule has 2 aromatic heterocycles. The van der Waals surface area contributed by atoms with Crippen LogP contribution in [0.5, 0.6) is 0 Å². The summed E-state index contributed by atoms with van der Waals surface area (Å²) in [6.07, 6.45) is 3.95. The summed E-state index contributed by atoms with van der Waals surface area (Å²) in [6, 6.07) is 6.37. The second-order valence-corrected chi connectivity index (χ2v) is 8.41. The lowest BCUT2D eigenvalue weighted by molar-refractivity contribution is 0.101. The van der Waals surface area contributed by atoms with Gasteiger partial charge in [-0.1, -0.05) is 23.4 Å². The van der Waals surface area contributed by atoms with Crippen molar-refractivity contribution < 1.29 is 23.5 Å². The van der Waals surface area contributed by atoms with Crippen LogP contribution in [0.3, 0.4) is 0 Å². The maximum absolute atomic E-state index is 14.6. The summed E-state index contributed by atoms with van der Waals surface area (Å²) in [7, 11) is 0. The number of nitrogens with zero attached hydrogens (tertiary/aromatic N) is 3. The van der Waals surface area contributed by atoms with Crippen LogP contribution >= 0.6 is 11.6 Å². The van der Waals surface area contributed by atoms with Crippen LogP contribution in [0.15, 0.2) is 42.7 Å². The van der Waals surface area contributed by atoms with E-state index in [1.165, 1.54) is 41.3 Å². The molecule has 0 spiro atoms. The molecule has 0 aliphatic heterocycles. The van der Waals surface area contributed by atoms with E-state index in [4.69, 9.17) is 16.7 Å². The first kappa shape index (κ1) is 24.2. The number of aromatic nitrogens is 3. The molecule has 3 aromatic rings. The SMILES string of the molecule is O=C(O)N[C@H]1CC[C@H](n2ncc(Cl)c2C(=O)Nc2ncc(C#Cc3ccc(F)cc3)cc2F)CC1. The number of rotatable bonds is 4. The first-order valence-corrected chi connectivity index (χ1v) is 11.1. The number of carbonyl (C=O) groups excluding carboxylic acids is 1. The van der Waals surface area contributed by atoms with Gasteiger partial charge < -0.3 is 15.7 Å². The first-order valence-electron chi connectivity index (χ1n) is 10.8. The van der Waals surface area contributed by atoms with Crippen molar-refractivity contribution in [1.29, 1.82) is 0 Å². The van der Waals surface area contributed by atoms with E-state index in [9.17, 15) is 18.4 Å². The minimum absolute atomic E-state index is 0.0719. The largest absolute Gasteiger partial charge is 0.465 e. The van der Waals surface area contributed by atoms with Crippen molar-refractivity contribution in [3.05, 3.63) is 76.2 Å². The van der Waals surface area contributed by atoms with Gasteiger partial charge in [0.15, 0.2) is 11.6 Å². The van der Waals surface area contributed by atoms with E-state index < -0.39 is 17.8 Å². The number of anilines is 1. The van der Waals surface area contributed by atoms with Gasteiger partial charge in [-0.25, -0.2) is 18.6 Å². The number of nitrogens with one attached hydrogen (secondary N) is 2. The van der Waals surface area contributed by atoms with Gasteiger partial charge in [0, 0.05) is 23.4 Å². The number of hydrogen-bond acceptors (Lipinski definition) is 4. The Morgan fingerprint density at radius 3 is 2.40 bits per heavy atom. The highest BCUT2D eigenvalue weighted by atomic mass is 35.5. The topological polar surface area (TPSA) is 109 Å². The van der Waals surface area contributed by atoms with Gasteiger partial charge >= 0.3 is 6.09 Å². The summed E-state index contributed by atoms with van der Waals surface area (Å²) in [6.45, 7) is 0. The number of hydrogen-bond donors (Lipinski definition) is 3. The summed E-state index contributed by atoms with van der Waals surface area (Å²) in [4.78, 5) is 27.7. The predicted molar refractivity (Wildman–Crippen MR) is 124 cm³/mol. The van der Waals surface area contributed by atoms with Crippen molar-refractivity contribution in [2.24, 2.45) is 0 Å². The molecule has 0 unspecified atom stereocenters. The monoisotopic (exact) mass is 499 g/mol. The van der Waals surface area contributed by atoms with Gasteiger partial charge in [-0.2, -0.15) is 5.10 Å². The smallest absolute Gasteiger partial charge is 0.404 e. The highest BCUT2D eigenvalue weighted by molar-refractivity contribution is 6.34. The Bertz CT molecular complexity index is 1310. The van der Waals surface area contributed by atoms with Gasteiger partial charge in [-0.05, 0) is 56.0 Å². The number of pyridine rings is 1. The lowest BCUT2D eigenvalue weighted by Crippen LogP contribution is -2.37. The number of amides is 2. The summed E-state index contributed by atoms with van der Waals surface area (Å²) >= 11 is 6.21. The summed E-state index contributed by atoms with van der Waals surface area (Å²) in [5.74, 6) is 3.40. The Hall–Kier alpha value is -3.97. The van der Waals surface area contributed by atoms with Crippen LogP contribution in [0.25, 0.3) is 0 Å². The van der Waals surface area contributed by atoms with Gasteiger partial charge in [0.1, 0.15) is 11.5 Å². The molecule has 1 fully saturated rings. The van der Waals surface area contributed by atoms with E-state index in [0.717, 1.165) is 6.07 Å². The van der Waals surface area contributed by atoms with Gasteiger partial charge in [-0.3, -0.25) is 9.48 Å². The predicted octanol–water partition coefficient (Wildman–Crippen LogP) is 4.61. The zero-order valence-electron chi connectivity index (χ0n) is 18.3. The normalized spacial score (nSPS) is 17.2. The lowest BCUT2D eigenvalue weighted by Gasteiger charge is -2.29. The first-order chi connectivity index (χ1) is 16.8. The van der Waals surface area contributed by atoms with Crippen LogP contribution in [0.1, 0.15) is 53.3 Å². The van der Waals surface area contributed by atoms with E-state index in [1.807, 2.05) is 0 Å². The fourth-order valence-electron chi connectivity index (χ4n) is 3.91. The number of benzene rings is 1. The zero-order chi connectivity index (χ0) is 24.9. The third-order valence-corrected chi connectivity index (χ3v) is 5.88. The van der Waals surface area contributed by atoms with Crippen molar-refractivity contribution in [2.45, 2.75) is 37.8 Å². The molecule has 1 saturated carbocycles. The van der Waals surface area contributed by atoms with Crippen molar-refractivity contribution in [2.75, 3.05) is 5.32 Å². The summed E-state index contributed by atoms with van der Waals surface area (Å²) in [5.41, 5.74) is 0.905. The molecule has 35 heavy (non-hydrogen) atoms. The van der Waals surface area contributed by atoms with Crippen molar-refractivity contribution in [3.63, 3.8) is 0 Å². The molecule has 1 aliphatic carbocycles. The molecule has 0 atom stereocenters. The van der Waals surface area contributed by atoms with Gasteiger partial charge in [-0.15, -0.1) is 0 Å². The Morgan fingerprint density at radius 2 is 1.74 bits per heavy atom. The van der Waals surface area contributed by atoms with E-state index in [2.05, 4.69) is 32.6 Å². The quantitative estimate of drug-likeness (QED) is 0.454. The molecule has 11 heteroatoms. The molecule has 2 amide bonds. The highest BCUT2D eigenvalue weighted by Gasteiger charge is 2.28. The molecule has 2 heterocycles. The molecule has 0 bridgehead atoms.